The molecule has 2 amide bonds. The van der Waals surface area contributed by atoms with Gasteiger partial charge in [-0.1, -0.05) is 13.0 Å². The molecule has 0 radical (unpaired) electrons. The van der Waals surface area contributed by atoms with E-state index in [0.717, 1.165) is 23.9 Å². The van der Waals surface area contributed by atoms with Crippen LogP contribution in [0.25, 0.3) is 10.9 Å². The molecule has 1 aliphatic heterocycles. The molecule has 0 unspecified atom stereocenters. The summed E-state index contributed by atoms with van der Waals surface area (Å²) in [5.41, 5.74) is 1.07. The molecule has 1 aromatic heterocycles. The summed E-state index contributed by atoms with van der Waals surface area (Å²) in [4.78, 5) is 12.2. The van der Waals surface area contributed by atoms with Crippen molar-refractivity contribution in [2.24, 2.45) is 0 Å². The lowest BCUT2D eigenvalue weighted by Crippen LogP contribution is -2.48. The summed E-state index contributed by atoms with van der Waals surface area (Å²) < 4.78 is 25.4. The molecule has 3 rings (SSSR count). The molecular weight excluding hydrogens is 326 g/mol. The number of hydrogen-bond donors (Lipinski definition) is 2. The normalized spacial score (nSPS) is 22.6. The summed E-state index contributed by atoms with van der Waals surface area (Å²) >= 11 is 0. The second-order valence-corrected chi connectivity index (χ2v) is 8.95. The van der Waals surface area contributed by atoms with Crippen molar-refractivity contribution in [2.45, 2.75) is 38.8 Å². The van der Waals surface area contributed by atoms with Gasteiger partial charge in [0.05, 0.1) is 22.6 Å². The van der Waals surface area contributed by atoms with Crippen LogP contribution in [0.2, 0.25) is 0 Å². The number of nitrogens with one attached hydrogen (secondary N) is 2. The largest absolute Gasteiger partial charge is 0.347 e. The fraction of sp³-hybridized carbons (Fsp3) is 0.471. The van der Waals surface area contributed by atoms with Gasteiger partial charge in [0, 0.05) is 18.4 Å². The maximum absolute atomic E-state index is 12.2. The Morgan fingerprint density at radius 1 is 1.33 bits per heavy atom. The molecule has 0 saturated carbocycles. The van der Waals surface area contributed by atoms with E-state index in [4.69, 9.17) is 0 Å². The Morgan fingerprint density at radius 2 is 2.12 bits per heavy atom. The molecule has 2 aromatic rings. The number of rotatable bonds is 4. The molecule has 6 nitrogen and oxygen atoms in total. The maximum Gasteiger partial charge on any atom is 0.319 e. The first kappa shape index (κ1) is 16.8. The Hall–Kier alpha value is -2.02. The van der Waals surface area contributed by atoms with E-state index < -0.39 is 15.4 Å². The molecule has 1 aliphatic rings. The van der Waals surface area contributed by atoms with E-state index in [2.05, 4.69) is 28.2 Å². The lowest BCUT2D eigenvalue weighted by molar-refractivity contribution is 0.242. The highest BCUT2D eigenvalue weighted by Crippen LogP contribution is 2.24. The van der Waals surface area contributed by atoms with Crippen molar-refractivity contribution in [3.63, 3.8) is 0 Å². The molecule has 1 atom stereocenters. The number of anilines is 1. The summed E-state index contributed by atoms with van der Waals surface area (Å²) in [7, 11) is -3.05. The number of carbonyl (C=O) groups excluding carboxylic acids is 1. The van der Waals surface area contributed by atoms with Crippen molar-refractivity contribution in [2.75, 3.05) is 16.8 Å². The van der Waals surface area contributed by atoms with E-state index in [0.29, 0.717) is 12.1 Å². The number of benzene rings is 1. The number of aromatic nitrogens is 1. The average Bonchev–Trinajstić information content (AvgIpc) is 3.00. The summed E-state index contributed by atoms with van der Waals surface area (Å²) in [5.74, 6) is 0.117. The van der Waals surface area contributed by atoms with Crippen LogP contribution in [0, 0.1) is 0 Å². The summed E-state index contributed by atoms with van der Waals surface area (Å²) in [6.07, 6.45) is 3.53. The summed E-state index contributed by atoms with van der Waals surface area (Å²) in [6, 6.07) is 7.45. The highest BCUT2D eigenvalue weighted by Gasteiger charge is 2.39. The molecule has 2 N–H and O–H groups in total. The second-order valence-electron chi connectivity index (χ2n) is 6.76. The number of sulfone groups is 1. The number of amides is 2. The summed E-state index contributed by atoms with van der Waals surface area (Å²) in [6.45, 7) is 4.82. The number of carbonyl (C=O) groups is 1. The van der Waals surface area contributed by atoms with Crippen molar-refractivity contribution in [1.82, 2.24) is 9.88 Å². The lowest BCUT2D eigenvalue weighted by Gasteiger charge is -2.24. The first-order chi connectivity index (χ1) is 11.3. The van der Waals surface area contributed by atoms with E-state index in [1.807, 2.05) is 24.4 Å². The standard InChI is InChI=1S/C17H23N3O3S/c1-3-8-20-9-6-13-4-5-14(11-15(13)20)18-16(21)19-17(2)7-10-24(22,23)12-17/h4-6,9,11H,3,7-8,10,12H2,1-2H3,(H2,18,19,21)/t17-/m0/s1. The third-order valence-electron chi connectivity index (χ3n) is 4.41. The Labute approximate surface area is 142 Å². The van der Waals surface area contributed by atoms with Crippen molar-refractivity contribution >= 4 is 32.5 Å². The number of fused-ring (bicyclic) bond motifs is 1. The van der Waals surface area contributed by atoms with Gasteiger partial charge in [-0.2, -0.15) is 0 Å². The average molecular weight is 349 g/mol. The predicted octanol–water partition coefficient (Wildman–Crippen LogP) is 2.75. The van der Waals surface area contributed by atoms with Crippen molar-refractivity contribution in [3.8, 4) is 0 Å². The van der Waals surface area contributed by atoms with Crippen LogP contribution in [0.4, 0.5) is 10.5 Å². The zero-order valence-electron chi connectivity index (χ0n) is 14.0. The van der Waals surface area contributed by atoms with Gasteiger partial charge in [-0.25, -0.2) is 13.2 Å². The highest BCUT2D eigenvalue weighted by atomic mass is 32.2. The number of urea groups is 1. The third kappa shape index (κ3) is 3.56. The Kier molecular flexibility index (Phi) is 4.29. The fourth-order valence-electron chi connectivity index (χ4n) is 3.24. The van der Waals surface area contributed by atoms with Crippen LogP contribution in [0.15, 0.2) is 30.5 Å². The highest BCUT2D eigenvalue weighted by molar-refractivity contribution is 7.91. The van der Waals surface area contributed by atoms with Gasteiger partial charge in [-0.05, 0) is 43.4 Å². The quantitative estimate of drug-likeness (QED) is 0.891. The first-order valence-corrected chi connectivity index (χ1v) is 10.0. The van der Waals surface area contributed by atoms with Crippen LogP contribution in [-0.2, 0) is 16.4 Å². The van der Waals surface area contributed by atoms with Gasteiger partial charge in [0.1, 0.15) is 0 Å². The van der Waals surface area contributed by atoms with Crippen LogP contribution >= 0.6 is 0 Å². The Balaban J connectivity index is 1.72. The van der Waals surface area contributed by atoms with E-state index in [1.54, 1.807) is 6.92 Å². The van der Waals surface area contributed by atoms with Gasteiger partial charge in [0.15, 0.2) is 9.84 Å². The number of nitrogens with zero attached hydrogens (tertiary/aromatic N) is 1. The monoisotopic (exact) mass is 349 g/mol. The molecule has 1 aromatic carbocycles. The number of aryl methyl sites for hydroxylation is 1. The first-order valence-electron chi connectivity index (χ1n) is 8.19. The molecule has 1 fully saturated rings. The maximum atomic E-state index is 12.2. The molecule has 0 bridgehead atoms. The molecule has 7 heteroatoms. The molecule has 130 valence electrons. The Morgan fingerprint density at radius 3 is 2.79 bits per heavy atom. The third-order valence-corrected chi connectivity index (χ3v) is 6.32. The SMILES string of the molecule is CCCn1ccc2ccc(NC(=O)N[C@@]3(C)CCS(=O)(=O)C3)cc21. The van der Waals surface area contributed by atoms with Crippen LogP contribution < -0.4 is 10.6 Å². The predicted molar refractivity (Wildman–Crippen MR) is 96.1 cm³/mol. The number of hydrogen-bond acceptors (Lipinski definition) is 3. The van der Waals surface area contributed by atoms with Gasteiger partial charge >= 0.3 is 6.03 Å². The molecule has 1 saturated heterocycles. The van der Waals surface area contributed by atoms with Gasteiger partial charge in [0.2, 0.25) is 0 Å². The van der Waals surface area contributed by atoms with E-state index in [1.165, 1.54) is 0 Å². The minimum Gasteiger partial charge on any atom is -0.347 e. The van der Waals surface area contributed by atoms with Crippen molar-refractivity contribution in [3.05, 3.63) is 30.5 Å². The van der Waals surface area contributed by atoms with Crippen molar-refractivity contribution < 1.29 is 13.2 Å². The minimum absolute atomic E-state index is 0.00813. The topological polar surface area (TPSA) is 80.2 Å². The van der Waals surface area contributed by atoms with Crippen molar-refractivity contribution in [1.29, 1.82) is 0 Å². The van der Waals surface area contributed by atoms with E-state index in [-0.39, 0.29) is 17.5 Å². The smallest absolute Gasteiger partial charge is 0.319 e. The minimum atomic E-state index is -3.05. The lowest BCUT2D eigenvalue weighted by atomic mass is 10.0. The van der Waals surface area contributed by atoms with E-state index in [9.17, 15) is 13.2 Å². The van der Waals surface area contributed by atoms with Gasteiger partial charge in [0.25, 0.3) is 0 Å². The molecule has 0 spiro atoms. The second kappa shape index (κ2) is 6.12. The molecular formula is C17H23N3O3S. The molecule has 24 heavy (non-hydrogen) atoms. The van der Waals surface area contributed by atoms with Crippen LogP contribution in [0.1, 0.15) is 26.7 Å². The zero-order valence-corrected chi connectivity index (χ0v) is 14.8. The Bertz CT molecular complexity index is 872. The zero-order chi connectivity index (χ0) is 17.4. The molecule has 0 aliphatic carbocycles. The van der Waals surface area contributed by atoms with Crippen LogP contribution in [0.3, 0.4) is 0 Å². The van der Waals surface area contributed by atoms with Gasteiger partial charge in [-0.15, -0.1) is 0 Å². The fourth-order valence-corrected chi connectivity index (χ4v) is 5.34. The summed E-state index contributed by atoms with van der Waals surface area (Å²) in [5, 5.41) is 6.75. The van der Waals surface area contributed by atoms with Gasteiger partial charge < -0.3 is 15.2 Å². The molecule has 2 heterocycles. The van der Waals surface area contributed by atoms with Crippen LogP contribution in [0.5, 0.6) is 0 Å². The van der Waals surface area contributed by atoms with Gasteiger partial charge in [-0.3, -0.25) is 0 Å². The van der Waals surface area contributed by atoms with E-state index >= 15 is 0 Å². The van der Waals surface area contributed by atoms with Crippen LogP contribution in [-0.4, -0.2) is 36.1 Å².